The summed E-state index contributed by atoms with van der Waals surface area (Å²) in [5, 5.41) is 0. The molecule has 3 rings (SSSR count). The summed E-state index contributed by atoms with van der Waals surface area (Å²) in [5.41, 5.74) is 0.823. The number of hydrogen-bond acceptors (Lipinski definition) is 6. The van der Waals surface area contributed by atoms with Crippen LogP contribution in [0.2, 0.25) is 0 Å². The van der Waals surface area contributed by atoms with Crippen LogP contribution >= 0.6 is 0 Å². The number of benzene rings is 2. The molecule has 0 fully saturated rings. The van der Waals surface area contributed by atoms with Crippen LogP contribution in [0.1, 0.15) is 48.4 Å². The van der Waals surface area contributed by atoms with Crippen LogP contribution in [0, 0.1) is 0 Å². The van der Waals surface area contributed by atoms with Gasteiger partial charge in [0, 0.05) is 12.1 Å². The van der Waals surface area contributed by atoms with Gasteiger partial charge in [-0.1, -0.05) is 6.08 Å². The zero-order valence-corrected chi connectivity index (χ0v) is 15.8. The first-order valence-electron chi connectivity index (χ1n) is 9.00. The van der Waals surface area contributed by atoms with E-state index in [1.54, 1.807) is 24.3 Å². The Bertz CT molecular complexity index is 993. The quantitative estimate of drug-likeness (QED) is 0.296. The highest BCUT2D eigenvalue weighted by Crippen LogP contribution is 2.24. The lowest BCUT2D eigenvalue weighted by molar-refractivity contribution is 0.0474. The Labute approximate surface area is 167 Å². The summed E-state index contributed by atoms with van der Waals surface area (Å²) in [7, 11) is 0. The topological polar surface area (TPSA) is 90.0 Å². The Hall–Kier alpha value is -3.74. The molecule has 0 saturated heterocycles. The summed E-state index contributed by atoms with van der Waals surface area (Å²) >= 11 is 0. The van der Waals surface area contributed by atoms with E-state index in [4.69, 9.17) is 9.47 Å². The van der Waals surface area contributed by atoms with E-state index in [9.17, 15) is 19.2 Å². The predicted molar refractivity (Wildman–Crippen MR) is 104 cm³/mol. The molecule has 0 saturated carbocycles. The van der Waals surface area contributed by atoms with Crippen LogP contribution in [0.3, 0.4) is 0 Å². The minimum absolute atomic E-state index is 0.0860. The number of nitrogens with zero attached hydrogens (tertiary/aromatic N) is 1. The fraction of sp³-hybridized carbons (Fsp3) is 0.182. The third-order valence-electron chi connectivity index (χ3n) is 4.34. The van der Waals surface area contributed by atoms with Crippen molar-refractivity contribution in [3.8, 4) is 5.75 Å². The standard InChI is InChI=1S/C22H19NO6/c1-3-11-23-20(25)17-10-7-15(12-18(17)21(23)26)22(27)29-13-19(24)14-5-8-16(9-6-14)28-4-2/h3,5-10,12H,1,4,11,13H2,2H3. The van der Waals surface area contributed by atoms with E-state index in [0.29, 0.717) is 17.9 Å². The summed E-state index contributed by atoms with van der Waals surface area (Å²) in [4.78, 5) is 50.1. The van der Waals surface area contributed by atoms with E-state index in [-0.39, 0.29) is 29.0 Å². The molecule has 2 aromatic carbocycles. The number of fused-ring (bicyclic) bond motifs is 1. The number of rotatable bonds is 8. The maximum Gasteiger partial charge on any atom is 0.338 e. The molecule has 1 aliphatic rings. The van der Waals surface area contributed by atoms with Gasteiger partial charge < -0.3 is 9.47 Å². The molecule has 7 nitrogen and oxygen atoms in total. The second kappa shape index (κ2) is 8.52. The van der Waals surface area contributed by atoms with Crippen molar-refractivity contribution < 1.29 is 28.7 Å². The van der Waals surface area contributed by atoms with E-state index in [1.165, 1.54) is 24.3 Å². The summed E-state index contributed by atoms with van der Waals surface area (Å²) in [5.74, 6) is -1.41. The fourth-order valence-corrected chi connectivity index (χ4v) is 2.91. The van der Waals surface area contributed by atoms with Crippen LogP contribution in [0.5, 0.6) is 5.75 Å². The second-order valence-electron chi connectivity index (χ2n) is 6.23. The lowest BCUT2D eigenvalue weighted by Gasteiger charge is -2.09. The van der Waals surface area contributed by atoms with Gasteiger partial charge in [-0.15, -0.1) is 6.58 Å². The number of ether oxygens (including phenoxy) is 2. The van der Waals surface area contributed by atoms with Gasteiger partial charge in [0.25, 0.3) is 11.8 Å². The highest BCUT2D eigenvalue weighted by Gasteiger charge is 2.35. The molecule has 0 atom stereocenters. The molecule has 7 heteroatoms. The van der Waals surface area contributed by atoms with E-state index in [1.807, 2.05) is 6.92 Å². The van der Waals surface area contributed by atoms with Gasteiger partial charge in [-0.2, -0.15) is 0 Å². The first-order valence-corrected chi connectivity index (χ1v) is 9.00. The fourth-order valence-electron chi connectivity index (χ4n) is 2.91. The van der Waals surface area contributed by atoms with Crippen molar-refractivity contribution in [3.05, 3.63) is 77.4 Å². The van der Waals surface area contributed by atoms with Gasteiger partial charge in [0.05, 0.1) is 23.3 Å². The minimum atomic E-state index is -0.755. The van der Waals surface area contributed by atoms with Crippen molar-refractivity contribution in [2.75, 3.05) is 19.8 Å². The number of ketones is 1. The molecule has 0 unspecified atom stereocenters. The van der Waals surface area contributed by atoms with Crippen molar-refractivity contribution in [1.82, 2.24) is 4.90 Å². The molecule has 148 valence electrons. The lowest BCUT2D eigenvalue weighted by atomic mass is 10.1. The Morgan fingerprint density at radius 2 is 1.66 bits per heavy atom. The molecule has 0 N–H and O–H groups in total. The van der Waals surface area contributed by atoms with Gasteiger partial charge in [0.2, 0.25) is 0 Å². The Morgan fingerprint density at radius 1 is 1.00 bits per heavy atom. The number of imide groups is 1. The van der Waals surface area contributed by atoms with Crippen molar-refractivity contribution in [2.24, 2.45) is 0 Å². The zero-order chi connectivity index (χ0) is 21.0. The number of esters is 1. The average Bonchev–Trinajstić information content (AvgIpc) is 2.97. The first-order chi connectivity index (χ1) is 14.0. The Morgan fingerprint density at radius 3 is 2.31 bits per heavy atom. The van der Waals surface area contributed by atoms with Crippen molar-refractivity contribution in [1.29, 1.82) is 0 Å². The van der Waals surface area contributed by atoms with Gasteiger partial charge in [-0.3, -0.25) is 19.3 Å². The van der Waals surface area contributed by atoms with Gasteiger partial charge in [-0.25, -0.2) is 4.79 Å². The molecule has 2 aromatic rings. The molecule has 1 heterocycles. The Kier molecular flexibility index (Phi) is 5.87. The minimum Gasteiger partial charge on any atom is -0.494 e. The largest absolute Gasteiger partial charge is 0.494 e. The van der Waals surface area contributed by atoms with Crippen LogP contribution in [0.25, 0.3) is 0 Å². The van der Waals surface area contributed by atoms with Crippen LogP contribution < -0.4 is 4.74 Å². The summed E-state index contributed by atoms with van der Waals surface area (Å²) in [6, 6.07) is 10.6. The van der Waals surface area contributed by atoms with Crippen LogP contribution in [-0.2, 0) is 4.74 Å². The molecule has 0 aliphatic carbocycles. The Balaban J connectivity index is 1.66. The van der Waals surface area contributed by atoms with Gasteiger partial charge in [0.15, 0.2) is 12.4 Å². The van der Waals surface area contributed by atoms with Crippen LogP contribution in [0.4, 0.5) is 0 Å². The average molecular weight is 393 g/mol. The van der Waals surface area contributed by atoms with Crippen molar-refractivity contribution >= 4 is 23.6 Å². The number of amides is 2. The highest BCUT2D eigenvalue weighted by atomic mass is 16.5. The smallest absolute Gasteiger partial charge is 0.338 e. The summed E-state index contributed by atoms with van der Waals surface area (Å²) < 4.78 is 10.4. The zero-order valence-electron chi connectivity index (χ0n) is 15.8. The molecule has 0 spiro atoms. The number of Topliss-reactive ketones (excluding diaryl/α,β-unsaturated/α-hetero) is 1. The van der Waals surface area contributed by atoms with Crippen LogP contribution in [0.15, 0.2) is 55.1 Å². The molecule has 2 amide bonds. The third-order valence-corrected chi connectivity index (χ3v) is 4.34. The van der Waals surface area contributed by atoms with Gasteiger partial charge in [0.1, 0.15) is 5.75 Å². The SMILES string of the molecule is C=CCN1C(=O)c2ccc(C(=O)OCC(=O)c3ccc(OCC)cc3)cc2C1=O. The van der Waals surface area contributed by atoms with Gasteiger partial charge >= 0.3 is 5.97 Å². The van der Waals surface area contributed by atoms with Crippen molar-refractivity contribution in [2.45, 2.75) is 6.92 Å². The molecule has 0 bridgehead atoms. The summed E-state index contributed by atoms with van der Waals surface area (Å²) in [6.07, 6.45) is 1.45. The molecular formula is C22H19NO6. The predicted octanol–water partition coefficient (Wildman–Crippen LogP) is 2.91. The summed E-state index contributed by atoms with van der Waals surface area (Å²) in [6.45, 7) is 5.54. The maximum absolute atomic E-state index is 12.3. The van der Waals surface area contributed by atoms with Crippen LogP contribution in [-0.4, -0.2) is 48.2 Å². The highest BCUT2D eigenvalue weighted by molar-refractivity contribution is 6.22. The lowest BCUT2D eigenvalue weighted by Crippen LogP contribution is -2.29. The van der Waals surface area contributed by atoms with E-state index in [2.05, 4.69) is 6.58 Å². The molecule has 0 aromatic heterocycles. The van der Waals surface area contributed by atoms with E-state index < -0.39 is 24.4 Å². The molecule has 29 heavy (non-hydrogen) atoms. The first kappa shape index (κ1) is 20.0. The number of hydrogen-bond donors (Lipinski definition) is 0. The van der Waals surface area contributed by atoms with Crippen molar-refractivity contribution in [3.63, 3.8) is 0 Å². The second-order valence-corrected chi connectivity index (χ2v) is 6.23. The van der Waals surface area contributed by atoms with Gasteiger partial charge in [-0.05, 0) is 49.4 Å². The molecule has 1 aliphatic heterocycles. The molecular weight excluding hydrogens is 374 g/mol. The maximum atomic E-state index is 12.3. The third kappa shape index (κ3) is 4.08. The number of carbonyl (C=O) groups is 4. The van der Waals surface area contributed by atoms with E-state index in [0.717, 1.165) is 4.90 Å². The number of carbonyl (C=O) groups excluding carboxylic acids is 4. The monoisotopic (exact) mass is 393 g/mol. The van der Waals surface area contributed by atoms with E-state index >= 15 is 0 Å². The molecule has 0 radical (unpaired) electrons. The normalized spacial score (nSPS) is 12.5.